The van der Waals surface area contributed by atoms with E-state index in [1.54, 1.807) is 30.4 Å². The minimum absolute atomic E-state index is 0.222. The number of aromatic nitrogens is 2. The van der Waals surface area contributed by atoms with Crippen molar-refractivity contribution >= 4 is 17.7 Å². The van der Waals surface area contributed by atoms with Crippen molar-refractivity contribution < 1.29 is 9.90 Å². The average Bonchev–Trinajstić information content (AvgIpc) is 3.20. The van der Waals surface area contributed by atoms with Crippen LogP contribution in [0.15, 0.2) is 23.6 Å². The van der Waals surface area contributed by atoms with Gasteiger partial charge >= 0.3 is 5.97 Å². The van der Waals surface area contributed by atoms with E-state index in [1.165, 1.54) is 0 Å². The molecule has 2 unspecified atom stereocenters. The van der Waals surface area contributed by atoms with E-state index in [0.717, 1.165) is 49.3 Å². The summed E-state index contributed by atoms with van der Waals surface area (Å²) in [6.07, 6.45) is 11.0. The molecule has 6 heteroatoms. The van der Waals surface area contributed by atoms with Gasteiger partial charge in [0.1, 0.15) is 10.6 Å². The molecule has 1 aromatic rings. The molecule has 0 bridgehead atoms. The lowest BCUT2D eigenvalue weighted by Crippen LogP contribution is -2.55. The number of hydrogen-bond acceptors (Lipinski definition) is 5. The Morgan fingerprint density at radius 2 is 2.29 bits per heavy atom. The SMILES string of the molecule is O=C(O)C1(NC2CC2)CCCC1CCSc1cnccn1. The molecule has 2 N–H and O–H groups in total. The van der Waals surface area contributed by atoms with Crippen molar-refractivity contribution in [3.05, 3.63) is 18.6 Å². The van der Waals surface area contributed by atoms with Gasteiger partial charge < -0.3 is 5.11 Å². The minimum Gasteiger partial charge on any atom is -0.480 e. The maximum atomic E-state index is 11.8. The van der Waals surface area contributed by atoms with Gasteiger partial charge in [-0.3, -0.25) is 15.1 Å². The Balaban J connectivity index is 1.58. The number of carboxylic acid groups (broad SMARTS) is 1. The maximum Gasteiger partial charge on any atom is 0.324 e. The first-order valence-electron chi connectivity index (χ1n) is 7.60. The van der Waals surface area contributed by atoms with Crippen molar-refractivity contribution in [2.24, 2.45) is 5.92 Å². The van der Waals surface area contributed by atoms with Crippen LogP contribution in [0, 0.1) is 5.92 Å². The summed E-state index contributed by atoms with van der Waals surface area (Å²) in [6.45, 7) is 0. The van der Waals surface area contributed by atoms with E-state index in [0.29, 0.717) is 6.04 Å². The molecule has 2 aliphatic rings. The standard InChI is InChI=1S/C15H21N3O2S/c19-14(20)15(18-12-3-4-12)6-1-2-11(15)5-9-21-13-10-16-7-8-17-13/h7-8,10-12,18H,1-6,9H2,(H,19,20). The topological polar surface area (TPSA) is 75.1 Å². The van der Waals surface area contributed by atoms with Crippen LogP contribution >= 0.6 is 11.8 Å². The van der Waals surface area contributed by atoms with Gasteiger partial charge in [0.15, 0.2) is 0 Å². The first kappa shape index (κ1) is 14.8. The number of carboxylic acids is 1. The zero-order valence-electron chi connectivity index (χ0n) is 12.0. The van der Waals surface area contributed by atoms with Gasteiger partial charge in [0.2, 0.25) is 0 Å². The highest BCUT2D eigenvalue weighted by atomic mass is 32.2. The van der Waals surface area contributed by atoms with E-state index in [2.05, 4.69) is 15.3 Å². The van der Waals surface area contributed by atoms with E-state index in [-0.39, 0.29) is 5.92 Å². The Kier molecular flexibility index (Phi) is 4.45. The van der Waals surface area contributed by atoms with Crippen molar-refractivity contribution in [3.8, 4) is 0 Å². The fourth-order valence-corrected chi connectivity index (χ4v) is 4.14. The van der Waals surface area contributed by atoms with Gasteiger partial charge in [-0.05, 0) is 43.8 Å². The number of nitrogens with zero attached hydrogens (tertiary/aromatic N) is 2. The Hall–Kier alpha value is -1.14. The maximum absolute atomic E-state index is 11.8. The molecule has 0 aliphatic heterocycles. The van der Waals surface area contributed by atoms with E-state index in [1.807, 2.05) is 0 Å². The second kappa shape index (κ2) is 6.32. The lowest BCUT2D eigenvalue weighted by atomic mass is 9.85. The van der Waals surface area contributed by atoms with Gasteiger partial charge in [-0.15, -0.1) is 11.8 Å². The van der Waals surface area contributed by atoms with Crippen LogP contribution in [0.4, 0.5) is 0 Å². The summed E-state index contributed by atoms with van der Waals surface area (Å²) >= 11 is 1.66. The van der Waals surface area contributed by atoms with Crippen LogP contribution in [0.2, 0.25) is 0 Å². The lowest BCUT2D eigenvalue weighted by molar-refractivity contribution is -0.146. The summed E-state index contributed by atoms with van der Waals surface area (Å²) in [5.74, 6) is 0.450. The summed E-state index contributed by atoms with van der Waals surface area (Å²) in [7, 11) is 0. The minimum atomic E-state index is -0.690. The highest BCUT2D eigenvalue weighted by Crippen LogP contribution is 2.41. The third-order valence-corrected chi connectivity index (χ3v) is 5.44. The summed E-state index contributed by atoms with van der Waals surface area (Å²) in [6, 6.07) is 0.425. The molecular formula is C15H21N3O2S. The van der Waals surface area contributed by atoms with Gasteiger partial charge in [-0.1, -0.05) is 6.42 Å². The molecule has 2 aliphatic carbocycles. The molecule has 0 aromatic carbocycles. The molecule has 0 amide bonds. The zero-order valence-corrected chi connectivity index (χ0v) is 12.8. The lowest BCUT2D eigenvalue weighted by Gasteiger charge is -2.32. The second-order valence-corrected chi connectivity index (χ2v) is 7.08. The third kappa shape index (κ3) is 3.37. The van der Waals surface area contributed by atoms with Crippen LogP contribution in [-0.2, 0) is 4.79 Å². The molecule has 5 nitrogen and oxygen atoms in total. The van der Waals surface area contributed by atoms with Crippen molar-refractivity contribution in [2.45, 2.75) is 55.1 Å². The predicted molar refractivity (Wildman–Crippen MR) is 81.2 cm³/mol. The Morgan fingerprint density at radius 3 is 2.95 bits per heavy atom. The van der Waals surface area contributed by atoms with E-state index >= 15 is 0 Å². The summed E-state index contributed by atoms with van der Waals surface area (Å²) < 4.78 is 0. The van der Waals surface area contributed by atoms with Crippen molar-refractivity contribution in [1.29, 1.82) is 0 Å². The fourth-order valence-electron chi connectivity index (χ4n) is 3.26. The molecule has 2 saturated carbocycles. The van der Waals surface area contributed by atoms with Crippen molar-refractivity contribution in [3.63, 3.8) is 0 Å². The van der Waals surface area contributed by atoms with Gasteiger partial charge in [-0.2, -0.15) is 0 Å². The first-order chi connectivity index (χ1) is 10.2. The zero-order chi connectivity index (χ0) is 14.7. The highest BCUT2D eigenvalue weighted by Gasteiger charge is 2.50. The van der Waals surface area contributed by atoms with Crippen LogP contribution in [0.25, 0.3) is 0 Å². The van der Waals surface area contributed by atoms with Crippen LogP contribution in [-0.4, -0.2) is 38.4 Å². The van der Waals surface area contributed by atoms with Crippen molar-refractivity contribution in [1.82, 2.24) is 15.3 Å². The normalized spacial score (nSPS) is 28.7. The molecule has 1 heterocycles. The molecule has 0 saturated heterocycles. The van der Waals surface area contributed by atoms with E-state index < -0.39 is 11.5 Å². The molecule has 2 fully saturated rings. The summed E-state index contributed by atoms with van der Waals surface area (Å²) in [5, 5.41) is 14.1. The molecular weight excluding hydrogens is 286 g/mol. The molecule has 1 aromatic heterocycles. The average molecular weight is 307 g/mol. The monoisotopic (exact) mass is 307 g/mol. The number of nitrogens with one attached hydrogen (secondary N) is 1. The molecule has 114 valence electrons. The van der Waals surface area contributed by atoms with Gasteiger partial charge in [0, 0.05) is 18.4 Å². The quantitative estimate of drug-likeness (QED) is 0.753. The number of rotatable bonds is 7. The van der Waals surface area contributed by atoms with Crippen LogP contribution in [0.5, 0.6) is 0 Å². The number of carbonyl (C=O) groups is 1. The smallest absolute Gasteiger partial charge is 0.324 e. The molecule has 0 radical (unpaired) electrons. The van der Waals surface area contributed by atoms with Gasteiger partial charge in [-0.25, -0.2) is 4.98 Å². The van der Waals surface area contributed by atoms with Crippen LogP contribution < -0.4 is 5.32 Å². The third-order valence-electron chi connectivity index (χ3n) is 4.50. The molecule has 3 rings (SSSR count). The number of aliphatic carboxylic acids is 1. The molecule has 2 atom stereocenters. The van der Waals surface area contributed by atoms with Crippen LogP contribution in [0.3, 0.4) is 0 Å². The fraction of sp³-hybridized carbons (Fsp3) is 0.667. The highest BCUT2D eigenvalue weighted by molar-refractivity contribution is 7.99. The summed E-state index contributed by atoms with van der Waals surface area (Å²) in [5.41, 5.74) is -0.690. The first-order valence-corrected chi connectivity index (χ1v) is 8.59. The number of thioether (sulfide) groups is 1. The van der Waals surface area contributed by atoms with E-state index in [4.69, 9.17) is 0 Å². The molecule has 0 spiro atoms. The summed E-state index contributed by atoms with van der Waals surface area (Å²) in [4.78, 5) is 20.1. The van der Waals surface area contributed by atoms with Gasteiger partial charge in [0.25, 0.3) is 0 Å². The second-order valence-electron chi connectivity index (χ2n) is 5.97. The Bertz CT molecular complexity index is 495. The predicted octanol–water partition coefficient (Wildman–Crippen LogP) is 2.33. The van der Waals surface area contributed by atoms with Crippen molar-refractivity contribution in [2.75, 3.05) is 5.75 Å². The van der Waals surface area contributed by atoms with Gasteiger partial charge in [0.05, 0.1) is 6.20 Å². The number of hydrogen-bond donors (Lipinski definition) is 2. The van der Waals surface area contributed by atoms with E-state index in [9.17, 15) is 9.90 Å². The Morgan fingerprint density at radius 1 is 1.43 bits per heavy atom. The largest absolute Gasteiger partial charge is 0.480 e. The Labute approximate surface area is 129 Å². The molecule has 21 heavy (non-hydrogen) atoms. The van der Waals surface area contributed by atoms with Crippen LogP contribution in [0.1, 0.15) is 38.5 Å².